The highest BCUT2D eigenvalue weighted by molar-refractivity contribution is 7.84. The number of anilines is 1. The molecule has 5 nitrogen and oxygen atoms in total. The van der Waals surface area contributed by atoms with E-state index in [9.17, 15) is 4.21 Å². The number of hydrogen-bond donors (Lipinski definition) is 1. The second-order valence-electron chi connectivity index (χ2n) is 4.60. The van der Waals surface area contributed by atoms with Gasteiger partial charge in [0.15, 0.2) is 0 Å². The fourth-order valence-electron chi connectivity index (χ4n) is 2.01. The van der Waals surface area contributed by atoms with Gasteiger partial charge in [-0.2, -0.15) is 5.10 Å². The third-order valence-corrected chi connectivity index (χ3v) is 4.95. The first-order valence-electron chi connectivity index (χ1n) is 6.52. The molecule has 2 N–H and O–H groups in total. The molecule has 0 aliphatic carbocycles. The maximum atomic E-state index is 12.6. The van der Waals surface area contributed by atoms with E-state index in [1.807, 2.05) is 13.8 Å². The molecule has 2 rings (SSSR count). The molecule has 0 saturated carbocycles. The number of nitrogens with zero attached hydrogens (tertiary/aromatic N) is 2. The zero-order valence-corrected chi connectivity index (χ0v) is 13.8. The van der Waals surface area contributed by atoms with Crippen LogP contribution in [0.4, 0.5) is 5.69 Å². The minimum Gasteiger partial charge on any atom is -0.494 e. The summed E-state index contributed by atoms with van der Waals surface area (Å²) in [4.78, 5) is 0.556. The SMILES string of the molecule is CCOc1ccc(N)c(S(=O)Cc2c(C)nn(C)c2Cl)c1. The summed E-state index contributed by atoms with van der Waals surface area (Å²) in [6.07, 6.45) is 0. The Bertz CT molecular complexity index is 685. The van der Waals surface area contributed by atoms with Crippen molar-refractivity contribution in [2.75, 3.05) is 12.3 Å². The molecule has 114 valence electrons. The van der Waals surface area contributed by atoms with Crippen molar-refractivity contribution in [2.45, 2.75) is 24.5 Å². The lowest BCUT2D eigenvalue weighted by Gasteiger charge is -2.09. The Labute approximate surface area is 131 Å². The Balaban J connectivity index is 2.30. The summed E-state index contributed by atoms with van der Waals surface area (Å²) in [5.41, 5.74) is 7.95. The van der Waals surface area contributed by atoms with Gasteiger partial charge in [-0.05, 0) is 32.0 Å². The number of nitrogen functional groups attached to an aromatic ring is 1. The first-order chi connectivity index (χ1) is 9.93. The molecule has 0 bridgehead atoms. The van der Waals surface area contributed by atoms with Crippen LogP contribution in [0.25, 0.3) is 0 Å². The molecule has 0 fully saturated rings. The Morgan fingerprint density at radius 1 is 1.48 bits per heavy atom. The van der Waals surface area contributed by atoms with Crippen molar-refractivity contribution in [3.8, 4) is 5.75 Å². The third kappa shape index (κ3) is 3.39. The number of benzene rings is 1. The van der Waals surface area contributed by atoms with Crippen LogP contribution in [0.3, 0.4) is 0 Å². The monoisotopic (exact) mass is 327 g/mol. The Hall–Kier alpha value is -1.53. The van der Waals surface area contributed by atoms with Gasteiger partial charge in [0.05, 0.1) is 33.7 Å². The average Bonchev–Trinajstić information content (AvgIpc) is 2.67. The second-order valence-corrected chi connectivity index (χ2v) is 6.38. The summed E-state index contributed by atoms with van der Waals surface area (Å²) in [5, 5.41) is 4.72. The van der Waals surface area contributed by atoms with Crippen LogP contribution in [0.15, 0.2) is 23.1 Å². The van der Waals surface area contributed by atoms with E-state index in [0.717, 1.165) is 11.3 Å². The first-order valence-corrected chi connectivity index (χ1v) is 8.22. The van der Waals surface area contributed by atoms with Crippen molar-refractivity contribution in [1.82, 2.24) is 9.78 Å². The van der Waals surface area contributed by atoms with Crippen molar-refractivity contribution in [1.29, 1.82) is 0 Å². The smallest absolute Gasteiger partial charge is 0.131 e. The number of nitrogens with two attached hydrogens (primary N) is 1. The highest BCUT2D eigenvalue weighted by Gasteiger charge is 2.17. The molecule has 2 aromatic rings. The Morgan fingerprint density at radius 2 is 2.19 bits per heavy atom. The fraction of sp³-hybridized carbons (Fsp3) is 0.357. The zero-order chi connectivity index (χ0) is 15.6. The van der Waals surface area contributed by atoms with E-state index in [1.54, 1.807) is 29.9 Å². The van der Waals surface area contributed by atoms with E-state index in [2.05, 4.69) is 5.10 Å². The highest BCUT2D eigenvalue weighted by Crippen LogP contribution is 2.27. The van der Waals surface area contributed by atoms with Gasteiger partial charge in [0.2, 0.25) is 0 Å². The van der Waals surface area contributed by atoms with Gasteiger partial charge >= 0.3 is 0 Å². The highest BCUT2D eigenvalue weighted by atomic mass is 35.5. The lowest BCUT2D eigenvalue weighted by atomic mass is 10.3. The second kappa shape index (κ2) is 6.49. The largest absolute Gasteiger partial charge is 0.494 e. The quantitative estimate of drug-likeness (QED) is 0.857. The number of rotatable bonds is 5. The molecular weight excluding hydrogens is 310 g/mol. The molecule has 1 atom stereocenters. The lowest BCUT2D eigenvalue weighted by Crippen LogP contribution is -2.03. The van der Waals surface area contributed by atoms with Gasteiger partial charge in [0, 0.05) is 18.3 Å². The van der Waals surface area contributed by atoms with Crippen LogP contribution >= 0.6 is 11.6 Å². The molecule has 21 heavy (non-hydrogen) atoms. The summed E-state index contributed by atoms with van der Waals surface area (Å²) in [6.45, 7) is 4.29. The van der Waals surface area contributed by atoms with Gasteiger partial charge in [0.25, 0.3) is 0 Å². The molecular formula is C14H18ClN3O2S. The van der Waals surface area contributed by atoms with Crippen molar-refractivity contribution < 1.29 is 8.95 Å². The summed E-state index contributed by atoms with van der Waals surface area (Å²) >= 11 is 6.18. The van der Waals surface area contributed by atoms with Crippen LogP contribution < -0.4 is 10.5 Å². The molecule has 1 aromatic carbocycles. The Morgan fingerprint density at radius 3 is 2.76 bits per heavy atom. The average molecular weight is 328 g/mol. The normalized spacial score (nSPS) is 12.4. The Kier molecular flexibility index (Phi) is 4.90. The minimum atomic E-state index is -1.31. The lowest BCUT2D eigenvalue weighted by molar-refractivity contribution is 0.339. The number of aromatic nitrogens is 2. The summed E-state index contributed by atoms with van der Waals surface area (Å²) < 4.78 is 19.6. The van der Waals surface area contributed by atoms with Gasteiger partial charge in [0.1, 0.15) is 10.9 Å². The minimum absolute atomic E-state index is 0.276. The van der Waals surface area contributed by atoms with E-state index < -0.39 is 10.8 Å². The van der Waals surface area contributed by atoms with Crippen LogP contribution in [-0.2, 0) is 23.6 Å². The van der Waals surface area contributed by atoms with E-state index in [-0.39, 0.29) is 5.75 Å². The molecule has 1 aromatic heterocycles. The number of ether oxygens (including phenoxy) is 1. The predicted molar refractivity (Wildman–Crippen MR) is 85.1 cm³/mol. The van der Waals surface area contributed by atoms with Gasteiger partial charge < -0.3 is 10.5 Å². The maximum Gasteiger partial charge on any atom is 0.131 e. The van der Waals surface area contributed by atoms with Crippen LogP contribution in [0, 0.1) is 6.92 Å². The van der Waals surface area contributed by atoms with Crippen LogP contribution in [0.2, 0.25) is 5.15 Å². The van der Waals surface area contributed by atoms with Crippen molar-refractivity contribution in [3.63, 3.8) is 0 Å². The molecule has 1 heterocycles. The van der Waals surface area contributed by atoms with Crippen LogP contribution in [-0.4, -0.2) is 20.6 Å². The molecule has 0 saturated heterocycles. The standard InChI is InChI=1S/C14H18ClN3O2S/c1-4-20-10-5-6-12(16)13(7-10)21(19)8-11-9(2)17-18(3)14(11)15/h5-7H,4,8,16H2,1-3H3. The van der Waals surface area contributed by atoms with Crippen molar-refractivity contribution >= 4 is 28.1 Å². The fourth-order valence-corrected chi connectivity index (χ4v) is 3.68. The molecule has 0 radical (unpaired) electrons. The van der Waals surface area contributed by atoms with Crippen molar-refractivity contribution in [2.24, 2.45) is 7.05 Å². The van der Waals surface area contributed by atoms with Gasteiger partial charge in [-0.3, -0.25) is 8.89 Å². The van der Waals surface area contributed by atoms with Gasteiger partial charge in [-0.15, -0.1) is 0 Å². The molecule has 0 aliphatic heterocycles. The first kappa shape index (κ1) is 15.9. The predicted octanol–water partition coefficient (Wildman–Crippen LogP) is 2.67. The number of hydrogen-bond acceptors (Lipinski definition) is 4. The van der Waals surface area contributed by atoms with Gasteiger partial charge in [-0.25, -0.2) is 0 Å². The third-order valence-electron chi connectivity index (χ3n) is 3.09. The van der Waals surface area contributed by atoms with E-state index >= 15 is 0 Å². The summed E-state index contributed by atoms with van der Waals surface area (Å²) in [5.74, 6) is 0.933. The maximum absolute atomic E-state index is 12.6. The molecule has 0 spiro atoms. The summed E-state index contributed by atoms with van der Waals surface area (Å²) in [6, 6.07) is 5.19. The topological polar surface area (TPSA) is 70.1 Å². The van der Waals surface area contributed by atoms with E-state index in [0.29, 0.717) is 28.1 Å². The molecule has 7 heteroatoms. The van der Waals surface area contributed by atoms with Gasteiger partial charge in [-0.1, -0.05) is 11.6 Å². The van der Waals surface area contributed by atoms with E-state index in [4.69, 9.17) is 22.1 Å². The molecule has 0 aliphatic rings. The van der Waals surface area contributed by atoms with Crippen LogP contribution in [0.1, 0.15) is 18.2 Å². The molecule has 0 amide bonds. The molecule has 1 unspecified atom stereocenters. The zero-order valence-electron chi connectivity index (χ0n) is 12.2. The summed E-state index contributed by atoms with van der Waals surface area (Å²) in [7, 11) is 0.446. The van der Waals surface area contributed by atoms with Crippen molar-refractivity contribution in [3.05, 3.63) is 34.6 Å². The number of aryl methyl sites for hydroxylation is 2. The number of halogens is 1. The van der Waals surface area contributed by atoms with Crippen LogP contribution in [0.5, 0.6) is 5.75 Å². The van der Waals surface area contributed by atoms with E-state index in [1.165, 1.54) is 0 Å².